The molecule has 0 bridgehead atoms. The molecule has 372 valence electrons. The first-order valence-corrected chi connectivity index (χ1v) is 20.9. The first-order valence-electron chi connectivity index (χ1n) is 20.9. The fourth-order valence-electron chi connectivity index (χ4n) is 5.88. The van der Waals surface area contributed by atoms with E-state index in [1.165, 1.54) is 13.8 Å². The molecule has 0 radical (unpaired) electrons. The molecule has 17 N–H and O–H groups in total. The van der Waals surface area contributed by atoms with Crippen LogP contribution >= 0.6 is 0 Å². The zero-order valence-electron chi connectivity index (χ0n) is 38.0. The first-order chi connectivity index (χ1) is 30.0. The molecule has 0 aromatic carbocycles. The Labute approximate surface area is 376 Å². The number of carbonyl (C=O) groups is 10. The van der Waals surface area contributed by atoms with Gasteiger partial charge in [-0.25, -0.2) is 4.79 Å². The molecule has 0 fully saturated rings. The molecule has 12 atom stereocenters. The van der Waals surface area contributed by atoms with Crippen molar-refractivity contribution in [2.75, 3.05) is 13.2 Å². The van der Waals surface area contributed by atoms with Crippen LogP contribution < -0.4 is 48.3 Å². The quantitative estimate of drug-likeness (QED) is 0.0332. The summed E-state index contributed by atoms with van der Waals surface area (Å²) in [5.41, 5.74) is 5.55. The normalized spacial score (nSPS) is 17.0. The van der Waals surface area contributed by atoms with Crippen molar-refractivity contribution >= 4 is 59.2 Å². The van der Waals surface area contributed by atoms with E-state index >= 15 is 0 Å². The summed E-state index contributed by atoms with van der Waals surface area (Å²) in [7, 11) is 0. The highest BCUT2D eigenvalue weighted by Gasteiger charge is 2.38. The third-order valence-corrected chi connectivity index (χ3v) is 9.46. The monoisotopic (exact) mass is 935 g/mol. The van der Waals surface area contributed by atoms with Crippen LogP contribution in [0.5, 0.6) is 0 Å². The maximum atomic E-state index is 13.6. The third kappa shape index (κ3) is 20.9. The summed E-state index contributed by atoms with van der Waals surface area (Å²) in [6.07, 6.45) is -6.09. The molecule has 0 rings (SSSR count). The van der Waals surface area contributed by atoms with Gasteiger partial charge in [0.1, 0.15) is 54.4 Å². The number of carboxylic acids is 2. The number of amides is 8. The molecule has 0 aromatic heterocycles. The molecule has 0 aliphatic carbocycles. The van der Waals surface area contributed by atoms with Crippen LogP contribution in [0.15, 0.2) is 0 Å². The number of carboxylic acid groups (broad SMARTS) is 2. The molecule has 65 heavy (non-hydrogen) atoms. The molecule has 26 nitrogen and oxygen atoms in total. The van der Waals surface area contributed by atoms with Gasteiger partial charge in [0.2, 0.25) is 47.3 Å². The average Bonchev–Trinajstić information content (AvgIpc) is 3.18. The van der Waals surface area contributed by atoms with Gasteiger partial charge < -0.3 is 84.0 Å². The van der Waals surface area contributed by atoms with E-state index in [4.69, 9.17) is 5.73 Å². The second-order valence-corrected chi connectivity index (χ2v) is 16.8. The van der Waals surface area contributed by atoms with Crippen molar-refractivity contribution in [2.24, 2.45) is 23.5 Å². The van der Waals surface area contributed by atoms with Gasteiger partial charge in [-0.2, -0.15) is 0 Å². The van der Waals surface area contributed by atoms with Crippen molar-refractivity contribution in [2.45, 2.75) is 154 Å². The number of aliphatic carboxylic acids is 2. The largest absolute Gasteiger partial charge is 0.481 e. The predicted molar refractivity (Wildman–Crippen MR) is 226 cm³/mol. The minimum absolute atomic E-state index is 0.0127. The van der Waals surface area contributed by atoms with E-state index in [-0.39, 0.29) is 24.7 Å². The maximum absolute atomic E-state index is 13.6. The van der Waals surface area contributed by atoms with Crippen LogP contribution in [0.3, 0.4) is 0 Å². The molecule has 0 unspecified atom stereocenters. The Hall–Kier alpha value is -5.54. The summed E-state index contributed by atoms with van der Waals surface area (Å²) in [6, 6.07) is -15.0. The van der Waals surface area contributed by atoms with Gasteiger partial charge in [0.15, 0.2) is 0 Å². The Morgan fingerprint density at radius 1 is 0.415 bits per heavy atom. The highest BCUT2D eigenvalue weighted by molar-refractivity contribution is 5.99. The fraction of sp³-hybridized carbons (Fsp3) is 0.744. The number of aliphatic hydroxyl groups excluding tert-OH is 5. The van der Waals surface area contributed by atoms with E-state index in [1.54, 1.807) is 27.7 Å². The molecular formula is C39H69N9O17. The number of aliphatic hydroxyl groups is 5. The minimum Gasteiger partial charge on any atom is -0.481 e. The number of nitrogens with one attached hydrogen (secondary N) is 8. The number of nitrogens with two attached hydrogens (primary N) is 1. The zero-order chi connectivity index (χ0) is 50.6. The Morgan fingerprint density at radius 2 is 0.738 bits per heavy atom. The average molecular weight is 936 g/mol. The van der Waals surface area contributed by atoms with Gasteiger partial charge in [-0.1, -0.05) is 41.5 Å². The first kappa shape index (κ1) is 59.5. The Bertz CT molecular complexity index is 1660. The lowest BCUT2D eigenvalue weighted by Gasteiger charge is -2.30. The van der Waals surface area contributed by atoms with Gasteiger partial charge in [0.25, 0.3) is 0 Å². The highest BCUT2D eigenvalue weighted by Crippen LogP contribution is 2.10. The second-order valence-electron chi connectivity index (χ2n) is 16.8. The van der Waals surface area contributed by atoms with E-state index in [2.05, 4.69) is 31.9 Å². The van der Waals surface area contributed by atoms with Gasteiger partial charge in [-0.3, -0.25) is 43.2 Å². The number of rotatable bonds is 29. The van der Waals surface area contributed by atoms with E-state index in [9.17, 15) is 83.7 Å². The minimum atomic E-state index is -2.05. The van der Waals surface area contributed by atoms with Crippen LogP contribution in [0.1, 0.15) is 81.6 Å². The summed E-state index contributed by atoms with van der Waals surface area (Å²) < 4.78 is 0. The summed E-state index contributed by atoms with van der Waals surface area (Å²) >= 11 is 0. The highest BCUT2D eigenvalue weighted by atomic mass is 16.4. The van der Waals surface area contributed by atoms with Crippen molar-refractivity contribution in [1.29, 1.82) is 0 Å². The predicted octanol–water partition coefficient (Wildman–Crippen LogP) is -6.37. The van der Waals surface area contributed by atoms with E-state index < -0.39 is 157 Å². The van der Waals surface area contributed by atoms with E-state index in [1.807, 2.05) is 10.6 Å². The second kappa shape index (κ2) is 28.4. The van der Waals surface area contributed by atoms with Crippen molar-refractivity contribution in [3.63, 3.8) is 0 Å². The molecule has 0 aliphatic rings. The smallest absolute Gasteiger partial charge is 0.326 e. The number of carbonyl (C=O) groups excluding carboxylic acids is 8. The summed E-state index contributed by atoms with van der Waals surface area (Å²) in [5.74, 6) is -13.3. The van der Waals surface area contributed by atoms with Crippen LogP contribution in [0.4, 0.5) is 0 Å². The van der Waals surface area contributed by atoms with Gasteiger partial charge in [0.05, 0.1) is 37.9 Å². The van der Waals surface area contributed by atoms with E-state index in [0.717, 1.165) is 20.8 Å². The summed E-state index contributed by atoms with van der Waals surface area (Å²) in [4.78, 5) is 129. The molecule has 0 saturated heterocycles. The number of hydrogen-bond acceptors (Lipinski definition) is 16. The third-order valence-electron chi connectivity index (χ3n) is 9.46. The van der Waals surface area contributed by atoms with Crippen LogP contribution in [0.25, 0.3) is 0 Å². The topological polar surface area (TPSA) is 435 Å². The SMILES string of the molecule is CC(C)C[C@H](NC(=O)[C@@H](NC(=O)[C@H](CO)NC(=O)[C@H](CC(=O)O)NC(=O)[C@@H](NC(=O)[C@@H](NC(=O)[C@@H](NC(=O)[C@H](CC(C)C)NC(=O)[C@@H](N)CO)[C@@H](C)O)C(C)C)[C@@H](C)O)[C@@H](C)O)C(=O)O. The Morgan fingerprint density at radius 3 is 1.11 bits per heavy atom. The zero-order valence-corrected chi connectivity index (χ0v) is 38.0. The summed E-state index contributed by atoms with van der Waals surface area (Å²) in [5, 5.41) is 87.0. The fourth-order valence-corrected chi connectivity index (χ4v) is 5.88. The summed E-state index contributed by atoms with van der Waals surface area (Å²) in [6.45, 7) is 11.2. The lowest BCUT2D eigenvalue weighted by Crippen LogP contribution is -2.64. The van der Waals surface area contributed by atoms with Crippen LogP contribution in [-0.2, 0) is 47.9 Å². The lowest BCUT2D eigenvalue weighted by atomic mass is 10.00. The van der Waals surface area contributed by atoms with Crippen molar-refractivity contribution in [3.8, 4) is 0 Å². The molecule has 0 heterocycles. The molecule has 0 aliphatic heterocycles. The van der Waals surface area contributed by atoms with Gasteiger partial charge in [-0.05, 0) is 51.4 Å². The molecule has 0 saturated carbocycles. The van der Waals surface area contributed by atoms with Crippen molar-refractivity contribution in [3.05, 3.63) is 0 Å². The molecule has 0 spiro atoms. The standard InChI is InChI=1S/C39H69N9O17/c1-15(2)10-22(41-31(56)21(40)13-49)33(58)46-30(20(9)53)38(63)45-27(17(5)6)35(60)48-29(19(8)52)36(61)42-23(12-26(54)55)32(57)44-25(14-50)34(59)47-28(18(7)51)37(62)43-24(39(64)65)11-16(3)4/h15-25,27-30,49-53H,10-14,40H2,1-9H3,(H,41,56)(H,42,61)(H,43,62)(H,44,57)(H,45,63)(H,46,58)(H,47,59)(H,48,60)(H,54,55)(H,64,65)/t18-,19-,20-,21+,22+,23+,24+,25+,27+,28+,29+,30+/m1/s1. The Kier molecular flexibility index (Phi) is 26.0. The van der Waals surface area contributed by atoms with Crippen LogP contribution in [0, 0.1) is 17.8 Å². The van der Waals surface area contributed by atoms with Crippen molar-refractivity contribution in [1.82, 2.24) is 42.5 Å². The molecular weight excluding hydrogens is 866 g/mol. The van der Waals surface area contributed by atoms with Crippen LogP contribution in [-0.4, -0.2) is 181 Å². The Balaban J connectivity index is 6.25. The lowest BCUT2D eigenvalue weighted by molar-refractivity contribution is -0.143. The molecule has 8 amide bonds. The van der Waals surface area contributed by atoms with Gasteiger partial charge in [0, 0.05) is 0 Å². The van der Waals surface area contributed by atoms with E-state index in [0.29, 0.717) is 0 Å². The maximum Gasteiger partial charge on any atom is 0.326 e. The van der Waals surface area contributed by atoms with Crippen molar-refractivity contribution < 1.29 is 83.7 Å². The molecule has 26 heteroatoms. The van der Waals surface area contributed by atoms with Crippen LogP contribution in [0.2, 0.25) is 0 Å². The molecule has 0 aromatic rings. The number of hydrogen-bond donors (Lipinski definition) is 16. The van der Waals surface area contributed by atoms with Gasteiger partial charge in [-0.15, -0.1) is 0 Å². The van der Waals surface area contributed by atoms with Gasteiger partial charge >= 0.3 is 11.9 Å².